The van der Waals surface area contributed by atoms with Gasteiger partial charge in [0.25, 0.3) is 10.0 Å². The molecule has 3 rings (SSSR count). The topological polar surface area (TPSA) is 81.3 Å². The number of aromatic nitrogens is 1. The first-order valence-electron chi connectivity index (χ1n) is 6.25. The predicted molar refractivity (Wildman–Crippen MR) is 83.7 cm³/mol. The number of hydrogen-bond donors (Lipinski definition) is 1. The Hall–Kier alpha value is -2.25. The highest BCUT2D eigenvalue weighted by Gasteiger charge is 2.18. The van der Waals surface area contributed by atoms with Gasteiger partial charge in [0.05, 0.1) is 21.1 Å². The monoisotopic (exact) mass is 338 g/mol. The number of sulfonamides is 1. The summed E-state index contributed by atoms with van der Waals surface area (Å²) < 4.78 is 33.5. The zero-order chi connectivity index (χ0) is 15.9. The van der Waals surface area contributed by atoms with Gasteiger partial charge in [-0.1, -0.05) is 23.7 Å². The highest BCUT2D eigenvalue weighted by atomic mass is 35.5. The number of aryl methyl sites for hydroxylation is 1. The number of oxazole rings is 1. The first-order valence-corrected chi connectivity index (χ1v) is 8.11. The van der Waals surface area contributed by atoms with Crippen molar-refractivity contribution in [1.82, 2.24) is 4.57 Å². The lowest BCUT2D eigenvalue weighted by Crippen LogP contribution is -2.13. The van der Waals surface area contributed by atoms with Gasteiger partial charge in [0.2, 0.25) is 0 Å². The smallest absolute Gasteiger partial charge is 0.408 e. The van der Waals surface area contributed by atoms with Gasteiger partial charge in [-0.15, -0.1) is 0 Å². The minimum Gasteiger partial charge on any atom is -0.408 e. The number of nitrogens with one attached hydrogen (secondary N) is 1. The summed E-state index contributed by atoms with van der Waals surface area (Å²) >= 11 is 5.95. The molecule has 0 saturated heterocycles. The van der Waals surface area contributed by atoms with Crippen molar-refractivity contribution >= 4 is 38.4 Å². The minimum atomic E-state index is -3.83. The highest BCUT2D eigenvalue weighted by Crippen LogP contribution is 2.25. The summed E-state index contributed by atoms with van der Waals surface area (Å²) in [6.45, 7) is 0. The third kappa shape index (κ3) is 2.49. The van der Waals surface area contributed by atoms with Crippen molar-refractivity contribution in [3.8, 4) is 0 Å². The lowest BCUT2D eigenvalue weighted by Gasteiger charge is -2.09. The molecule has 2 aromatic carbocycles. The number of fused-ring (bicyclic) bond motifs is 1. The van der Waals surface area contributed by atoms with Crippen LogP contribution in [0.5, 0.6) is 0 Å². The molecule has 0 saturated carbocycles. The Balaban J connectivity index is 2.07. The molecule has 0 fully saturated rings. The number of hydrogen-bond acceptors (Lipinski definition) is 4. The van der Waals surface area contributed by atoms with Crippen LogP contribution in [0.1, 0.15) is 0 Å². The summed E-state index contributed by atoms with van der Waals surface area (Å²) in [6.07, 6.45) is 0. The molecule has 0 unspecified atom stereocenters. The van der Waals surface area contributed by atoms with Crippen LogP contribution in [-0.2, 0) is 17.1 Å². The van der Waals surface area contributed by atoms with Crippen molar-refractivity contribution in [2.75, 3.05) is 4.72 Å². The summed E-state index contributed by atoms with van der Waals surface area (Å²) in [7, 11) is -2.32. The van der Waals surface area contributed by atoms with Crippen molar-refractivity contribution in [2.45, 2.75) is 4.90 Å². The van der Waals surface area contributed by atoms with Gasteiger partial charge in [0, 0.05) is 7.05 Å². The van der Waals surface area contributed by atoms with Crippen molar-refractivity contribution in [1.29, 1.82) is 0 Å². The summed E-state index contributed by atoms with van der Waals surface area (Å²) in [5.41, 5.74) is 1.00. The Bertz CT molecular complexity index is 1020. The van der Waals surface area contributed by atoms with Gasteiger partial charge in [0.1, 0.15) is 0 Å². The molecule has 0 radical (unpaired) electrons. The quantitative estimate of drug-likeness (QED) is 0.795. The molecule has 0 aliphatic rings. The molecule has 0 bridgehead atoms. The fraction of sp³-hybridized carbons (Fsp3) is 0.0714. The van der Waals surface area contributed by atoms with E-state index in [4.69, 9.17) is 16.0 Å². The van der Waals surface area contributed by atoms with Gasteiger partial charge >= 0.3 is 5.76 Å². The summed E-state index contributed by atoms with van der Waals surface area (Å²) in [5.74, 6) is -0.552. The van der Waals surface area contributed by atoms with Crippen LogP contribution in [-0.4, -0.2) is 13.0 Å². The molecule has 3 aromatic rings. The molecule has 1 heterocycles. The lowest BCUT2D eigenvalue weighted by atomic mass is 10.3. The molecular weight excluding hydrogens is 328 g/mol. The standard InChI is InChI=1S/C14H11ClN2O4S/c1-17-12-8-9(6-7-13(12)21-14(17)18)22(19,20)16-11-5-3-2-4-10(11)15/h2-8,16H,1H3. The normalized spacial score (nSPS) is 11.7. The number of benzene rings is 2. The molecule has 6 nitrogen and oxygen atoms in total. The molecule has 0 spiro atoms. The van der Waals surface area contributed by atoms with Gasteiger partial charge in [-0.05, 0) is 30.3 Å². The van der Waals surface area contributed by atoms with E-state index < -0.39 is 15.8 Å². The number of rotatable bonds is 3. The number of nitrogens with zero attached hydrogens (tertiary/aromatic N) is 1. The van der Waals surface area contributed by atoms with Crippen LogP contribution in [0.15, 0.2) is 56.6 Å². The molecule has 0 aliphatic heterocycles. The Morgan fingerprint density at radius 2 is 1.91 bits per heavy atom. The van der Waals surface area contributed by atoms with Gasteiger partial charge in [-0.3, -0.25) is 9.29 Å². The van der Waals surface area contributed by atoms with E-state index in [1.54, 1.807) is 24.3 Å². The maximum atomic E-state index is 12.4. The molecule has 8 heteroatoms. The summed E-state index contributed by atoms with van der Waals surface area (Å²) in [6, 6.07) is 10.7. The van der Waals surface area contributed by atoms with Crippen molar-refractivity contribution in [2.24, 2.45) is 7.05 Å². The van der Waals surface area contributed by atoms with Crippen LogP contribution in [0.3, 0.4) is 0 Å². The highest BCUT2D eigenvalue weighted by molar-refractivity contribution is 7.92. The van der Waals surface area contributed by atoms with E-state index in [1.165, 1.54) is 29.8 Å². The molecular formula is C14H11ClN2O4S. The van der Waals surface area contributed by atoms with Crippen LogP contribution in [0.4, 0.5) is 5.69 Å². The zero-order valence-corrected chi connectivity index (χ0v) is 13.0. The average molecular weight is 339 g/mol. The van der Waals surface area contributed by atoms with E-state index in [9.17, 15) is 13.2 Å². The third-order valence-corrected chi connectivity index (χ3v) is 4.88. The van der Waals surface area contributed by atoms with E-state index in [0.29, 0.717) is 16.1 Å². The van der Waals surface area contributed by atoms with Crippen LogP contribution >= 0.6 is 11.6 Å². The molecule has 0 amide bonds. The van der Waals surface area contributed by atoms with Gasteiger partial charge in [-0.25, -0.2) is 13.2 Å². The molecule has 22 heavy (non-hydrogen) atoms. The molecule has 114 valence electrons. The van der Waals surface area contributed by atoms with Crippen molar-refractivity contribution in [3.05, 3.63) is 58.0 Å². The average Bonchev–Trinajstić information content (AvgIpc) is 2.76. The van der Waals surface area contributed by atoms with E-state index in [-0.39, 0.29) is 10.6 Å². The van der Waals surface area contributed by atoms with Gasteiger partial charge in [0.15, 0.2) is 5.58 Å². The summed E-state index contributed by atoms with van der Waals surface area (Å²) in [4.78, 5) is 11.5. The molecule has 0 atom stereocenters. The Morgan fingerprint density at radius 3 is 2.64 bits per heavy atom. The van der Waals surface area contributed by atoms with Gasteiger partial charge < -0.3 is 4.42 Å². The lowest BCUT2D eigenvalue weighted by molar-refractivity contribution is 0.528. The summed E-state index contributed by atoms with van der Waals surface area (Å²) in [5, 5.41) is 0.294. The minimum absolute atomic E-state index is 0.0105. The fourth-order valence-electron chi connectivity index (χ4n) is 2.02. The molecule has 0 aliphatic carbocycles. The molecule has 1 aromatic heterocycles. The van der Waals surface area contributed by atoms with Gasteiger partial charge in [-0.2, -0.15) is 0 Å². The predicted octanol–water partition coefficient (Wildman–Crippen LogP) is 2.59. The van der Waals surface area contributed by atoms with Crippen LogP contribution in [0.2, 0.25) is 5.02 Å². The van der Waals surface area contributed by atoms with Crippen LogP contribution in [0, 0.1) is 0 Å². The van der Waals surface area contributed by atoms with Crippen molar-refractivity contribution < 1.29 is 12.8 Å². The Kier molecular flexibility index (Phi) is 3.46. The van der Waals surface area contributed by atoms with E-state index >= 15 is 0 Å². The van der Waals surface area contributed by atoms with E-state index in [2.05, 4.69) is 4.72 Å². The fourth-order valence-corrected chi connectivity index (χ4v) is 3.36. The molecule has 1 N–H and O–H groups in total. The Morgan fingerprint density at radius 1 is 1.18 bits per heavy atom. The zero-order valence-electron chi connectivity index (χ0n) is 11.4. The first-order chi connectivity index (χ1) is 10.4. The Labute approximate surface area is 131 Å². The second-order valence-electron chi connectivity index (χ2n) is 4.64. The van der Waals surface area contributed by atoms with Crippen molar-refractivity contribution in [3.63, 3.8) is 0 Å². The first kappa shape index (κ1) is 14.7. The number of para-hydroxylation sites is 1. The number of halogens is 1. The SMILES string of the molecule is Cn1c(=O)oc2ccc(S(=O)(=O)Nc3ccccc3Cl)cc21. The second-order valence-corrected chi connectivity index (χ2v) is 6.73. The number of anilines is 1. The van der Waals surface area contributed by atoms with Crippen LogP contribution < -0.4 is 10.5 Å². The third-order valence-electron chi connectivity index (χ3n) is 3.19. The maximum absolute atomic E-state index is 12.4. The van der Waals surface area contributed by atoms with E-state index in [0.717, 1.165) is 0 Å². The largest absolute Gasteiger partial charge is 0.419 e. The van der Waals surface area contributed by atoms with E-state index in [1.807, 2.05) is 0 Å². The van der Waals surface area contributed by atoms with Crippen LogP contribution in [0.25, 0.3) is 11.1 Å². The maximum Gasteiger partial charge on any atom is 0.419 e. The second kappa shape index (κ2) is 5.19.